The van der Waals surface area contributed by atoms with Gasteiger partial charge in [0.1, 0.15) is 5.82 Å². The first kappa shape index (κ1) is 20.1. The lowest BCUT2D eigenvalue weighted by molar-refractivity contribution is 0.0594. The minimum Gasteiger partial charge on any atom is -0.338 e. The van der Waals surface area contributed by atoms with Gasteiger partial charge < -0.3 is 9.47 Å². The van der Waals surface area contributed by atoms with Crippen LogP contribution in [0.3, 0.4) is 0 Å². The Morgan fingerprint density at radius 1 is 0.968 bits per heavy atom. The number of nitrogens with zero attached hydrogens (tertiary/aromatic N) is 2. The van der Waals surface area contributed by atoms with Crippen LogP contribution in [0.1, 0.15) is 28.4 Å². The molecule has 2 bridgehead atoms. The van der Waals surface area contributed by atoms with E-state index in [0.29, 0.717) is 25.2 Å². The minimum absolute atomic E-state index is 0.0439. The highest BCUT2D eigenvalue weighted by Crippen LogP contribution is 2.36. The van der Waals surface area contributed by atoms with Crippen LogP contribution >= 0.6 is 11.8 Å². The maximum Gasteiger partial charge on any atom is 0.258 e. The lowest BCUT2D eigenvalue weighted by atomic mass is 9.82. The number of hydrogen-bond acceptors (Lipinski definition) is 3. The van der Waals surface area contributed by atoms with Gasteiger partial charge in [0.2, 0.25) is 0 Å². The van der Waals surface area contributed by atoms with Gasteiger partial charge in [0.15, 0.2) is 0 Å². The Kier molecular flexibility index (Phi) is 5.18. The third-order valence-corrected chi connectivity index (χ3v) is 7.13. The van der Waals surface area contributed by atoms with Crippen molar-refractivity contribution >= 4 is 17.7 Å². The lowest BCUT2D eigenvalue weighted by Gasteiger charge is -2.43. The summed E-state index contributed by atoms with van der Waals surface area (Å²) in [7, 11) is 0. The summed E-state index contributed by atoms with van der Waals surface area (Å²) in [6.07, 6.45) is 3.01. The largest absolute Gasteiger partial charge is 0.338 e. The number of thioether (sulfide) groups is 1. The molecule has 1 saturated heterocycles. The predicted octanol–water partition coefficient (Wildman–Crippen LogP) is 4.64. The van der Waals surface area contributed by atoms with Crippen LogP contribution in [0.15, 0.2) is 70.4 Å². The van der Waals surface area contributed by atoms with Crippen molar-refractivity contribution in [1.82, 2.24) is 9.47 Å². The van der Waals surface area contributed by atoms with Gasteiger partial charge >= 0.3 is 0 Å². The number of likely N-dealkylation sites (tertiary alicyclic amines) is 1. The summed E-state index contributed by atoms with van der Waals surface area (Å²) in [5, 5.41) is 0. The first-order valence-corrected chi connectivity index (χ1v) is 11.7. The summed E-state index contributed by atoms with van der Waals surface area (Å²) < 4.78 is 15.1. The molecule has 1 fully saturated rings. The van der Waals surface area contributed by atoms with Crippen molar-refractivity contribution in [3.8, 4) is 11.1 Å². The highest BCUT2D eigenvalue weighted by Gasteiger charge is 2.37. The lowest BCUT2D eigenvalue weighted by Crippen LogP contribution is -2.49. The van der Waals surface area contributed by atoms with Gasteiger partial charge in [-0.25, -0.2) is 4.39 Å². The van der Waals surface area contributed by atoms with Crippen LogP contribution in [0.2, 0.25) is 0 Å². The second-order valence-corrected chi connectivity index (χ2v) is 9.21. The van der Waals surface area contributed by atoms with Gasteiger partial charge in [-0.05, 0) is 72.7 Å². The van der Waals surface area contributed by atoms with E-state index in [1.165, 1.54) is 29.2 Å². The van der Waals surface area contributed by atoms with Crippen LogP contribution in [0.5, 0.6) is 0 Å². The molecule has 0 N–H and O–H groups in total. The SMILES string of the molecule is CSc1ccc(-c2ccc3n(c2=O)CC2CC3CN(C(=O)c3ccc(F)cc3)C2)cc1. The summed E-state index contributed by atoms with van der Waals surface area (Å²) in [5.41, 5.74) is 3.20. The van der Waals surface area contributed by atoms with Gasteiger partial charge in [-0.3, -0.25) is 9.59 Å². The van der Waals surface area contributed by atoms with Crippen LogP contribution < -0.4 is 5.56 Å². The molecular weight excluding hydrogens is 411 g/mol. The fraction of sp³-hybridized carbons (Fsp3) is 0.280. The summed E-state index contributed by atoms with van der Waals surface area (Å²) in [5.74, 6) is -0.0461. The van der Waals surface area contributed by atoms with Gasteiger partial charge in [-0.15, -0.1) is 11.8 Å². The number of rotatable bonds is 3. The molecule has 0 aliphatic carbocycles. The molecule has 5 rings (SSSR count). The number of carbonyl (C=O) groups excluding carboxylic acids is 1. The number of aromatic nitrogens is 1. The Balaban J connectivity index is 1.43. The van der Waals surface area contributed by atoms with Crippen LogP contribution in [-0.4, -0.2) is 34.7 Å². The number of amides is 1. The van der Waals surface area contributed by atoms with E-state index in [1.54, 1.807) is 11.8 Å². The van der Waals surface area contributed by atoms with Crippen molar-refractivity contribution in [2.45, 2.75) is 23.8 Å². The third-order valence-electron chi connectivity index (χ3n) is 6.38. The molecule has 3 aromatic rings. The maximum atomic E-state index is 13.3. The van der Waals surface area contributed by atoms with E-state index < -0.39 is 0 Å². The minimum atomic E-state index is -0.348. The Morgan fingerprint density at radius 2 is 1.71 bits per heavy atom. The van der Waals surface area contributed by atoms with E-state index in [9.17, 15) is 14.0 Å². The van der Waals surface area contributed by atoms with Gasteiger partial charge in [-0.2, -0.15) is 0 Å². The summed E-state index contributed by atoms with van der Waals surface area (Å²) in [6, 6.07) is 17.8. The molecule has 0 saturated carbocycles. The van der Waals surface area contributed by atoms with Crippen molar-refractivity contribution in [2.75, 3.05) is 19.3 Å². The molecule has 6 heteroatoms. The number of pyridine rings is 1. The molecule has 2 aromatic carbocycles. The summed E-state index contributed by atoms with van der Waals surface area (Å²) >= 11 is 1.68. The summed E-state index contributed by atoms with van der Waals surface area (Å²) in [4.78, 5) is 29.3. The average Bonchev–Trinajstić information content (AvgIpc) is 2.80. The Morgan fingerprint density at radius 3 is 2.42 bits per heavy atom. The summed E-state index contributed by atoms with van der Waals surface area (Å²) in [6.45, 7) is 1.81. The molecule has 2 atom stereocenters. The molecule has 0 radical (unpaired) electrons. The quantitative estimate of drug-likeness (QED) is 0.564. The Bertz CT molecular complexity index is 1190. The van der Waals surface area contributed by atoms with Crippen LogP contribution in [-0.2, 0) is 6.54 Å². The van der Waals surface area contributed by atoms with Crippen LogP contribution in [0, 0.1) is 11.7 Å². The number of halogens is 1. The predicted molar refractivity (Wildman–Crippen MR) is 121 cm³/mol. The molecule has 4 nitrogen and oxygen atoms in total. The topological polar surface area (TPSA) is 42.3 Å². The van der Waals surface area contributed by atoms with E-state index >= 15 is 0 Å². The molecule has 158 valence electrons. The molecule has 3 heterocycles. The zero-order valence-corrected chi connectivity index (χ0v) is 18.1. The molecule has 2 aliphatic heterocycles. The number of benzene rings is 2. The van der Waals surface area contributed by atoms with Crippen LogP contribution in [0.4, 0.5) is 4.39 Å². The van der Waals surface area contributed by atoms with Gasteiger partial charge in [0, 0.05) is 47.3 Å². The van der Waals surface area contributed by atoms with Crippen LogP contribution in [0.25, 0.3) is 11.1 Å². The van der Waals surface area contributed by atoms with E-state index in [4.69, 9.17) is 0 Å². The Hall–Kier alpha value is -2.86. The normalized spacial score (nSPS) is 19.7. The van der Waals surface area contributed by atoms with Gasteiger partial charge in [0.05, 0.1) is 0 Å². The number of piperidine rings is 1. The first-order valence-electron chi connectivity index (χ1n) is 10.5. The van der Waals surface area contributed by atoms with E-state index in [-0.39, 0.29) is 29.1 Å². The standard InChI is InChI=1S/C25H23FN2O2S/c1-31-21-8-4-17(5-9-21)22-10-11-23-19-12-16(14-28(23)25(22)30)13-27(15-19)24(29)18-2-6-20(26)7-3-18/h2-11,16,19H,12-15H2,1H3. The number of carbonyl (C=O) groups is 1. The zero-order chi connectivity index (χ0) is 21.5. The zero-order valence-electron chi connectivity index (χ0n) is 17.3. The van der Waals surface area contributed by atoms with E-state index in [1.807, 2.05) is 52.1 Å². The maximum absolute atomic E-state index is 13.3. The molecule has 0 spiro atoms. The molecular formula is C25H23FN2O2S. The van der Waals surface area contributed by atoms with Crippen molar-refractivity contribution in [3.05, 3.63) is 88.1 Å². The molecule has 1 aromatic heterocycles. The van der Waals surface area contributed by atoms with Gasteiger partial charge in [-0.1, -0.05) is 12.1 Å². The first-order chi connectivity index (χ1) is 15.0. The van der Waals surface area contributed by atoms with Crippen molar-refractivity contribution in [1.29, 1.82) is 0 Å². The van der Waals surface area contributed by atoms with Crippen molar-refractivity contribution in [3.63, 3.8) is 0 Å². The number of hydrogen-bond donors (Lipinski definition) is 0. The molecule has 31 heavy (non-hydrogen) atoms. The smallest absolute Gasteiger partial charge is 0.258 e. The van der Waals surface area contributed by atoms with Crippen molar-refractivity contribution in [2.24, 2.45) is 5.92 Å². The highest BCUT2D eigenvalue weighted by atomic mass is 32.2. The number of fused-ring (bicyclic) bond motifs is 4. The molecule has 2 aliphatic rings. The second-order valence-electron chi connectivity index (χ2n) is 8.33. The van der Waals surface area contributed by atoms with Gasteiger partial charge in [0.25, 0.3) is 11.5 Å². The van der Waals surface area contributed by atoms with Crippen molar-refractivity contribution < 1.29 is 9.18 Å². The second kappa shape index (κ2) is 8.00. The van der Waals surface area contributed by atoms with E-state index in [0.717, 1.165) is 23.2 Å². The van der Waals surface area contributed by atoms with E-state index in [2.05, 4.69) is 0 Å². The molecule has 2 unspecified atom stereocenters. The highest BCUT2D eigenvalue weighted by molar-refractivity contribution is 7.98. The third kappa shape index (κ3) is 3.69. The average molecular weight is 435 g/mol. The fourth-order valence-corrected chi connectivity index (χ4v) is 5.29. The monoisotopic (exact) mass is 434 g/mol. The Labute approximate surface area is 184 Å². The fourth-order valence-electron chi connectivity index (χ4n) is 4.88. The molecule has 1 amide bonds.